The molecule has 0 fully saturated rings. The Kier molecular flexibility index (Phi) is 5.97. The molecule has 22 heavy (non-hydrogen) atoms. The number of carbonyl (C=O) groups is 2. The van der Waals surface area contributed by atoms with Gasteiger partial charge < -0.3 is 10.1 Å². The minimum atomic E-state index is -0.475. The Balaban J connectivity index is 1.82. The van der Waals surface area contributed by atoms with Crippen molar-refractivity contribution in [3.63, 3.8) is 0 Å². The Hall–Kier alpha value is -1.86. The van der Waals surface area contributed by atoms with Gasteiger partial charge in [0.15, 0.2) is 0 Å². The zero-order valence-electron chi connectivity index (χ0n) is 11.8. The molecule has 1 aromatic heterocycles. The third-order valence-corrected chi connectivity index (χ3v) is 4.58. The lowest BCUT2D eigenvalue weighted by atomic mass is 10.3. The Morgan fingerprint density at radius 3 is 2.68 bits per heavy atom. The lowest BCUT2D eigenvalue weighted by Crippen LogP contribution is -2.14. The van der Waals surface area contributed by atoms with Crippen molar-refractivity contribution in [2.24, 2.45) is 0 Å². The number of anilines is 1. The minimum Gasteiger partial charge on any atom is -0.465 e. The summed E-state index contributed by atoms with van der Waals surface area (Å²) in [5.41, 5.74) is 0.354. The van der Waals surface area contributed by atoms with Crippen LogP contribution in [0.4, 0.5) is 9.39 Å². The SMILES string of the molecule is COC(=O)c1ccsc1NC(=O)CCSc1ccc(F)cc1. The lowest BCUT2D eigenvalue weighted by Gasteiger charge is -2.05. The maximum Gasteiger partial charge on any atom is 0.340 e. The van der Waals surface area contributed by atoms with Gasteiger partial charge in [0, 0.05) is 17.1 Å². The average molecular weight is 339 g/mol. The van der Waals surface area contributed by atoms with E-state index in [4.69, 9.17) is 0 Å². The van der Waals surface area contributed by atoms with E-state index in [0.717, 1.165) is 4.90 Å². The highest BCUT2D eigenvalue weighted by Crippen LogP contribution is 2.24. The van der Waals surface area contributed by atoms with Crippen LogP contribution in [-0.2, 0) is 9.53 Å². The van der Waals surface area contributed by atoms with Gasteiger partial charge in [0.25, 0.3) is 0 Å². The normalized spacial score (nSPS) is 10.3. The number of carbonyl (C=O) groups excluding carboxylic acids is 2. The van der Waals surface area contributed by atoms with Crippen molar-refractivity contribution in [2.75, 3.05) is 18.2 Å². The van der Waals surface area contributed by atoms with Crippen LogP contribution in [0.2, 0.25) is 0 Å². The fourth-order valence-electron chi connectivity index (χ4n) is 1.66. The number of rotatable bonds is 6. The van der Waals surface area contributed by atoms with Crippen molar-refractivity contribution in [1.29, 1.82) is 0 Å². The molecule has 1 aromatic carbocycles. The van der Waals surface area contributed by atoms with E-state index >= 15 is 0 Å². The van der Waals surface area contributed by atoms with Crippen LogP contribution < -0.4 is 5.32 Å². The average Bonchev–Trinajstić information content (AvgIpc) is 2.96. The predicted octanol–water partition coefficient (Wildman–Crippen LogP) is 3.79. The molecule has 0 saturated carbocycles. The van der Waals surface area contributed by atoms with Gasteiger partial charge in [-0.2, -0.15) is 0 Å². The van der Waals surface area contributed by atoms with Crippen molar-refractivity contribution in [1.82, 2.24) is 0 Å². The molecule has 0 aliphatic heterocycles. The number of hydrogen-bond donors (Lipinski definition) is 1. The van der Waals surface area contributed by atoms with Crippen molar-refractivity contribution < 1.29 is 18.7 Å². The monoisotopic (exact) mass is 339 g/mol. The molecule has 0 aliphatic carbocycles. The molecule has 1 N–H and O–H groups in total. The van der Waals surface area contributed by atoms with Crippen LogP contribution in [0, 0.1) is 5.82 Å². The largest absolute Gasteiger partial charge is 0.465 e. The first-order chi connectivity index (χ1) is 10.6. The van der Waals surface area contributed by atoms with Gasteiger partial charge >= 0.3 is 5.97 Å². The molecule has 0 saturated heterocycles. The van der Waals surface area contributed by atoms with E-state index in [-0.39, 0.29) is 11.7 Å². The number of nitrogens with one attached hydrogen (secondary N) is 1. The summed E-state index contributed by atoms with van der Waals surface area (Å²) in [4.78, 5) is 24.3. The third-order valence-electron chi connectivity index (χ3n) is 2.73. The van der Waals surface area contributed by atoms with Gasteiger partial charge in [-0.3, -0.25) is 4.79 Å². The number of benzene rings is 1. The van der Waals surface area contributed by atoms with Crippen LogP contribution in [0.5, 0.6) is 0 Å². The zero-order valence-corrected chi connectivity index (χ0v) is 13.4. The first-order valence-electron chi connectivity index (χ1n) is 6.44. The number of methoxy groups -OCH3 is 1. The van der Waals surface area contributed by atoms with Gasteiger partial charge in [-0.15, -0.1) is 23.1 Å². The second-order valence-corrected chi connectivity index (χ2v) is 6.34. The van der Waals surface area contributed by atoms with Crippen molar-refractivity contribution in [3.8, 4) is 0 Å². The molecule has 2 aromatic rings. The minimum absolute atomic E-state index is 0.179. The van der Waals surface area contributed by atoms with E-state index in [1.807, 2.05) is 0 Å². The molecular formula is C15H14FNO3S2. The number of hydrogen-bond acceptors (Lipinski definition) is 5. The summed E-state index contributed by atoms with van der Waals surface area (Å²) in [6.45, 7) is 0. The molecule has 0 aliphatic rings. The van der Waals surface area contributed by atoms with E-state index in [2.05, 4.69) is 10.1 Å². The van der Waals surface area contributed by atoms with Crippen LogP contribution in [0.15, 0.2) is 40.6 Å². The lowest BCUT2D eigenvalue weighted by molar-refractivity contribution is -0.115. The molecule has 1 heterocycles. The highest BCUT2D eigenvalue weighted by atomic mass is 32.2. The Morgan fingerprint density at radius 2 is 2.00 bits per heavy atom. The molecule has 0 bridgehead atoms. The number of halogens is 1. The maximum atomic E-state index is 12.8. The smallest absolute Gasteiger partial charge is 0.340 e. The van der Waals surface area contributed by atoms with Gasteiger partial charge in [0.2, 0.25) is 5.91 Å². The molecule has 0 spiro atoms. The first kappa shape index (κ1) is 16.5. The van der Waals surface area contributed by atoms with Gasteiger partial charge in [-0.1, -0.05) is 0 Å². The van der Waals surface area contributed by atoms with E-state index in [9.17, 15) is 14.0 Å². The second-order valence-electron chi connectivity index (χ2n) is 4.26. The number of amides is 1. The number of thiophene rings is 1. The van der Waals surface area contributed by atoms with E-state index in [1.54, 1.807) is 23.6 Å². The van der Waals surface area contributed by atoms with E-state index in [0.29, 0.717) is 22.7 Å². The van der Waals surface area contributed by atoms with Crippen molar-refractivity contribution in [3.05, 3.63) is 47.1 Å². The molecule has 0 unspecified atom stereocenters. The molecule has 7 heteroatoms. The topological polar surface area (TPSA) is 55.4 Å². The Morgan fingerprint density at radius 1 is 1.27 bits per heavy atom. The molecular weight excluding hydrogens is 325 g/mol. The van der Waals surface area contributed by atoms with Crippen LogP contribution >= 0.6 is 23.1 Å². The van der Waals surface area contributed by atoms with Crippen LogP contribution in [-0.4, -0.2) is 24.7 Å². The Bertz CT molecular complexity index is 655. The highest BCUT2D eigenvalue weighted by Gasteiger charge is 2.15. The highest BCUT2D eigenvalue weighted by molar-refractivity contribution is 7.99. The quantitative estimate of drug-likeness (QED) is 0.642. The van der Waals surface area contributed by atoms with Crippen LogP contribution in [0.3, 0.4) is 0 Å². The second kappa shape index (κ2) is 7.95. The van der Waals surface area contributed by atoms with Gasteiger partial charge in [0.05, 0.1) is 12.7 Å². The number of ether oxygens (including phenoxy) is 1. The molecule has 1 amide bonds. The molecule has 0 atom stereocenters. The van der Waals surface area contributed by atoms with Gasteiger partial charge in [-0.05, 0) is 35.7 Å². The third kappa shape index (κ3) is 4.57. The summed E-state index contributed by atoms with van der Waals surface area (Å²) in [7, 11) is 1.30. The first-order valence-corrected chi connectivity index (χ1v) is 8.30. The van der Waals surface area contributed by atoms with Crippen molar-refractivity contribution in [2.45, 2.75) is 11.3 Å². The van der Waals surface area contributed by atoms with Crippen LogP contribution in [0.25, 0.3) is 0 Å². The van der Waals surface area contributed by atoms with E-state index in [1.165, 1.54) is 42.3 Å². The number of esters is 1. The van der Waals surface area contributed by atoms with Crippen molar-refractivity contribution >= 4 is 40.0 Å². The molecule has 116 valence electrons. The summed E-state index contributed by atoms with van der Waals surface area (Å²) in [5.74, 6) is -0.370. The summed E-state index contributed by atoms with van der Waals surface area (Å²) < 4.78 is 17.4. The summed E-state index contributed by atoms with van der Waals surface area (Å²) >= 11 is 2.74. The van der Waals surface area contributed by atoms with Crippen LogP contribution in [0.1, 0.15) is 16.8 Å². The fraction of sp³-hybridized carbons (Fsp3) is 0.200. The molecule has 4 nitrogen and oxygen atoms in total. The predicted molar refractivity (Wildman–Crippen MR) is 86.0 cm³/mol. The molecule has 2 rings (SSSR count). The maximum absolute atomic E-state index is 12.8. The molecule has 0 radical (unpaired) electrons. The van der Waals surface area contributed by atoms with Gasteiger partial charge in [-0.25, -0.2) is 9.18 Å². The summed E-state index contributed by atoms with van der Waals surface area (Å²) in [5, 5.41) is 4.91. The Labute approximate surface area is 135 Å². The van der Waals surface area contributed by atoms with E-state index < -0.39 is 5.97 Å². The zero-order chi connectivity index (χ0) is 15.9. The number of thioether (sulfide) groups is 1. The van der Waals surface area contributed by atoms with Gasteiger partial charge in [0.1, 0.15) is 10.8 Å². The summed E-state index contributed by atoms with van der Waals surface area (Å²) in [6, 6.07) is 7.73. The standard InChI is InChI=1S/C15H14FNO3S2/c1-20-15(19)12-6-8-22-14(12)17-13(18)7-9-21-11-4-2-10(16)3-5-11/h2-6,8H,7,9H2,1H3,(H,17,18). The fourth-order valence-corrected chi connectivity index (χ4v) is 3.30. The summed E-state index contributed by atoms with van der Waals surface area (Å²) in [6.07, 6.45) is 0.292.